The van der Waals surface area contributed by atoms with Crippen molar-refractivity contribution in [1.29, 1.82) is 0 Å². The van der Waals surface area contributed by atoms with Gasteiger partial charge in [-0.15, -0.1) is 0 Å². The molecule has 2 saturated heterocycles. The zero-order chi connectivity index (χ0) is 17.4. The van der Waals surface area contributed by atoms with Crippen molar-refractivity contribution >= 4 is 17.5 Å². The second-order valence-electron chi connectivity index (χ2n) is 7.45. The summed E-state index contributed by atoms with van der Waals surface area (Å²) in [7, 11) is 0. The van der Waals surface area contributed by atoms with Gasteiger partial charge in [0.1, 0.15) is 5.78 Å². The number of fused-ring (bicyclic) bond motifs is 1. The monoisotopic (exact) mass is 340 g/mol. The molecule has 2 aliphatic heterocycles. The molecule has 0 saturated carbocycles. The van der Waals surface area contributed by atoms with Gasteiger partial charge in [0.15, 0.2) is 5.78 Å². The van der Waals surface area contributed by atoms with Gasteiger partial charge in [0.05, 0.1) is 6.04 Å². The van der Waals surface area contributed by atoms with Crippen LogP contribution in [0.25, 0.3) is 0 Å². The van der Waals surface area contributed by atoms with Gasteiger partial charge in [-0.2, -0.15) is 0 Å². The highest BCUT2D eigenvalue weighted by Gasteiger charge is 2.41. The second-order valence-corrected chi connectivity index (χ2v) is 7.45. The average Bonchev–Trinajstić information content (AvgIpc) is 3.35. The van der Waals surface area contributed by atoms with Gasteiger partial charge in [-0.05, 0) is 37.8 Å². The summed E-state index contributed by atoms with van der Waals surface area (Å²) in [5, 5.41) is 3.22. The van der Waals surface area contributed by atoms with Crippen molar-refractivity contribution in [2.45, 2.75) is 38.1 Å². The lowest BCUT2D eigenvalue weighted by Gasteiger charge is -2.24. The van der Waals surface area contributed by atoms with Gasteiger partial charge < -0.3 is 10.2 Å². The maximum Gasteiger partial charge on any atom is 0.240 e. The highest BCUT2D eigenvalue weighted by atomic mass is 16.2. The molecule has 2 heterocycles. The van der Waals surface area contributed by atoms with Crippen molar-refractivity contribution < 1.29 is 14.4 Å². The Morgan fingerprint density at radius 3 is 2.68 bits per heavy atom. The van der Waals surface area contributed by atoms with E-state index in [9.17, 15) is 14.4 Å². The normalized spacial score (nSPS) is 28.4. The molecule has 4 rings (SSSR count). The molecule has 1 amide bonds. The molecule has 1 N–H and O–H groups in total. The molecule has 1 aliphatic carbocycles. The fraction of sp³-hybridized carbons (Fsp3) is 0.550. The number of carbonyl (C=O) groups is 3. The van der Waals surface area contributed by atoms with Crippen LogP contribution >= 0.6 is 0 Å². The highest BCUT2D eigenvalue weighted by Crippen LogP contribution is 2.31. The zero-order valence-electron chi connectivity index (χ0n) is 14.4. The van der Waals surface area contributed by atoms with E-state index in [-0.39, 0.29) is 35.7 Å². The van der Waals surface area contributed by atoms with Crippen molar-refractivity contribution in [3.8, 4) is 0 Å². The lowest BCUT2D eigenvalue weighted by atomic mass is 9.87. The van der Waals surface area contributed by atoms with E-state index in [2.05, 4.69) is 5.32 Å². The summed E-state index contributed by atoms with van der Waals surface area (Å²) < 4.78 is 0. The number of hydrogen-bond donors (Lipinski definition) is 1. The van der Waals surface area contributed by atoms with E-state index in [0.717, 1.165) is 37.1 Å². The van der Waals surface area contributed by atoms with E-state index in [1.54, 1.807) is 0 Å². The molecular formula is C20H24N2O3. The second kappa shape index (κ2) is 6.71. The molecule has 0 bridgehead atoms. The number of rotatable bonds is 4. The van der Waals surface area contributed by atoms with Gasteiger partial charge in [-0.3, -0.25) is 14.4 Å². The zero-order valence-corrected chi connectivity index (χ0v) is 14.4. The quantitative estimate of drug-likeness (QED) is 0.904. The largest absolute Gasteiger partial charge is 0.341 e. The fourth-order valence-corrected chi connectivity index (χ4v) is 4.52. The van der Waals surface area contributed by atoms with E-state index in [1.807, 2.05) is 29.2 Å². The molecule has 3 aliphatic rings. The minimum Gasteiger partial charge on any atom is -0.341 e. The molecule has 25 heavy (non-hydrogen) atoms. The third kappa shape index (κ3) is 3.01. The number of carbonyl (C=O) groups excluding carboxylic acids is 3. The number of likely N-dealkylation sites (tertiary alicyclic amines) is 1. The van der Waals surface area contributed by atoms with Gasteiger partial charge >= 0.3 is 0 Å². The Kier molecular flexibility index (Phi) is 4.42. The van der Waals surface area contributed by atoms with E-state index in [1.165, 1.54) is 0 Å². The molecule has 2 fully saturated rings. The molecule has 1 aromatic carbocycles. The Morgan fingerprint density at radius 1 is 1.16 bits per heavy atom. The van der Waals surface area contributed by atoms with Crippen molar-refractivity contribution in [1.82, 2.24) is 10.2 Å². The highest BCUT2D eigenvalue weighted by molar-refractivity contribution is 6.04. The van der Waals surface area contributed by atoms with Gasteiger partial charge in [-0.25, -0.2) is 0 Å². The van der Waals surface area contributed by atoms with Crippen LogP contribution in [0.1, 0.15) is 41.6 Å². The van der Waals surface area contributed by atoms with Crippen molar-refractivity contribution in [3.05, 3.63) is 35.4 Å². The standard InChI is InChI=1S/C20H24N2O3/c23-17(12-14-11-13-5-1-2-6-15(13)19(14)24)16-7-8-21-18(16)20(25)22-9-3-4-10-22/h1-2,5-6,14,16,18,21H,3-4,7-12H2/t14?,16?,18-/m1/s1. The number of amides is 1. The maximum atomic E-state index is 12.9. The Balaban J connectivity index is 1.42. The van der Waals surface area contributed by atoms with Gasteiger partial charge in [0, 0.05) is 36.9 Å². The summed E-state index contributed by atoms with van der Waals surface area (Å²) in [4.78, 5) is 40.0. The predicted octanol–water partition coefficient (Wildman–Crippen LogP) is 1.60. The first-order valence-electron chi connectivity index (χ1n) is 9.32. The van der Waals surface area contributed by atoms with Crippen LogP contribution < -0.4 is 5.32 Å². The lowest BCUT2D eigenvalue weighted by Crippen LogP contribution is -2.47. The molecule has 3 atom stereocenters. The minimum absolute atomic E-state index is 0.0636. The third-order valence-electron chi connectivity index (χ3n) is 5.89. The van der Waals surface area contributed by atoms with Crippen molar-refractivity contribution in [3.63, 3.8) is 0 Å². The van der Waals surface area contributed by atoms with E-state index in [0.29, 0.717) is 19.4 Å². The molecule has 0 aromatic heterocycles. The van der Waals surface area contributed by atoms with Gasteiger partial charge in [-0.1, -0.05) is 24.3 Å². The molecule has 5 nitrogen and oxygen atoms in total. The number of ketones is 2. The molecule has 0 radical (unpaired) electrons. The summed E-state index contributed by atoms with van der Waals surface area (Å²) >= 11 is 0. The Labute approximate surface area is 147 Å². The Hall–Kier alpha value is -2.01. The smallest absolute Gasteiger partial charge is 0.240 e. The molecule has 132 valence electrons. The van der Waals surface area contributed by atoms with Crippen LogP contribution in [0.3, 0.4) is 0 Å². The Bertz CT molecular complexity index is 709. The number of benzene rings is 1. The number of nitrogens with zero attached hydrogens (tertiary/aromatic N) is 1. The van der Waals surface area contributed by atoms with E-state index in [4.69, 9.17) is 0 Å². The van der Waals surface area contributed by atoms with Crippen LogP contribution in [-0.4, -0.2) is 48.0 Å². The first-order chi connectivity index (χ1) is 12.1. The number of nitrogens with one attached hydrogen (secondary N) is 1. The summed E-state index contributed by atoms with van der Waals surface area (Å²) in [5.74, 6) is -0.335. The predicted molar refractivity (Wildman–Crippen MR) is 93.3 cm³/mol. The summed E-state index contributed by atoms with van der Waals surface area (Å²) in [6, 6.07) is 7.21. The van der Waals surface area contributed by atoms with Crippen LogP contribution in [0, 0.1) is 11.8 Å². The third-order valence-corrected chi connectivity index (χ3v) is 5.89. The first kappa shape index (κ1) is 16.5. The fourth-order valence-electron chi connectivity index (χ4n) is 4.52. The van der Waals surface area contributed by atoms with Crippen LogP contribution in [0.4, 0.5) is 0 Å². The van der Waals surface area contributed by atoms with Crippen molar-refractivity contribution in [2.75, 3.05) is 19.6 Å². The molecule has 0 spiro atoms. The Morgan fingerprint density at radius 2 is 1.92 bits per heavy atom. The summed E-state index contributed by atoms with van der Waals surface area (Å²) in [6.45, 7) is 2.29. The lowest BCUT2D eigenvalue weighted by molar-refractivity contribution is -0.136. The van der Waals surface area contributed by atoms with Crippen molar-refractivity contribution in [2.24, 2.45) is 11.8 Å². The summed E-state index contributed by atoms with van der Waals surface area (Å²) in [6.07, 6.45) is 3.68. The van der Waals surface area contributed by atoms with Crippen LogP contribution in [-0.2, 0) is 16.0 Å². The number of hydrogen-bond acceptors (Lipinski definition) is 4. The molecule has 1 aromatic rings. The van der Waals surface area contributed by atoms with Gasteiger partial charge in [0.2, 0.25) is 5.91 Å². The van der Waals surface area contributed by atoms with Gasteiger partial charge in [0.25, 0.3) is 0 Å². The average molecular weight is 340 g/mol. The van der Waals surface area contributed by atoms with E-state index >= 15 is 0 Å². The molecular weight excluding hydrogens is 316 g/mol. The van der Waals surface area contributed by atoms with Crippen LogP contribution in [0.2, 0.25) is 0 Å². The minimum atomic E-state index is -0.399. The maximum absolute atomic E-state index is 12.9. The molecule has 5 heteroatoms. The van der Waals surface area contributed by atoms with Crippen LogP contribution in [0.15, 0.2) is 24.3 Å². The topological polar surface area (TPSA) is 66.5 Å². The van der Waals surface area contributed by atoms with E-state index < -0.39 is 6.04 Å². The SMILES string of the molecule is O=C1c2ccccc2CC1CC(=O)C1CCN[C@H]1C(=O)N1CCCC1. The summed E-state index contributed by atoms with van der Waals surface area (Å²) in [5.41, 5.74) is 1.80. The molecule has 2 unspecified atom stereocenters. The number of Topliss-reactive ketones (excluding diaryl/α,β-unsaturated/α-hetero) is 2. The first-order valence-corrected chi connectivity index (χ1v) is 9.32. The van der Waals surface area contributed by atoms with Crippen LogP contribution in [0.5, 0.6) is 0 Å².